The van der Waals surface area contributed by atoms with Gasteiger partial charge in [0.15, 0.2) is 0 Å². The molecule has 3 aromatic heterocycles. The summed E-state index contributed by atoms with van der Waals surface area (Å²) in [7, 11) is 1.95. The fourth-order valence-corrected chi connectivity index (χ4v) is 2.35. The summed E-state index contributed by atoms with van der Waals surface area (Å²) in [5.74, 6) is 0. The van der Waals surface area contributed by atoms with Gasteiger partial charge in [0.05, 0.1) is 11.7 Å². The van der Waals surface area contributed by atoms with E-state index in [1.807, 2.05) is 59.1 Å². The number of pyridine rings is 1. The molecule has 0 aliphatic heterocycles. The van der Waals surface area contributed by atoms with Crippen LogP contribution in [0.15, 0.2) is 42.9 Å². The van der Waals surface area contributed by atoms with Crippen LogP contribution in [-0.2, 0) is 13.5 Å². The van der Waals surface area contributed by atoms with Crippen LogP contribution in [0, 0.1) is 0 Å². The molecule has 0 radical (unpaired) electrons. The molecule has 0 aliphatic carbocycles. The quantitative estimate of drug-likeness (QED) is 0.772. The first kappa shape index (κ1) is 11.9. The van der Waals surface area contributed by atoms with Crippen LogP contribution in [0.3, 0.4) is 0 Å². The highest BCUT2D eigenvalue weighted by molar-refractivity contribution is 5.54. The van der Waals surface area contributed by atoms with Crippen molar-refractivity contribution >= 4 is 5.52 Å². The third-order valence-electron chi connectivity index (χ3n) is 3.49. The van der Waals surface area contributed by atoms with E-state index in [9.17, 15) is 0 Å². The molecular weight excluding hydrogens is 238 g/mol. The van der Waals surface area contributed by atoms with Crippen molar-refractivity contribution in [2.75, 3.05) is 0 Å². The summed E-state index contributed by atoms with van der Waals surface area (Å²) in [5, 5.41) is 8.49. The maximum absolute atomic E-state index is 6.29. The third kappa shape index (κ3) is 2.24. The van der Waals surface area contributed by atoms with E-state index in [-0.39, 0.29) is 6.04 Å². The molecule has 0 aromatic carbocycles. The van der Waals surface area contributed by atoms with Crippen LogP contribution >= 0.6 is 0 Å². The number of hydrogen-bond acceptors (Lipinski definition) is 3. The van der Waals surface area contributed by atoms with Gasteiger partial charge in [-0.3, -0.25) is 4.68 Å². The number of aryl methyl sites for hydroxylation is 2. The van der Waals surface area contributed by atoms with Gasteiger partial charge in [0.25, 0.3) is 0 Å². The van der Waals surface area contributed by atoms with Crippen LogP contribution in [0.25, 0.3) is 5.52 Å². The molecule has 1 atom stereocenters. The summed E-state index contributed by atoms with van der Waals surface area (Å²) in [4.78, 5) is 0. The number of hydrogen-bond donors (Lipinski definition) is 1. The molecule has 19 heavy (non-hydrogen) atoms. The molecule has 2 N–H and O–H groups in total. The smallest absolute Gasteiger partial charge is 0.0709 e. The van der Waals surface area contributed by atoms with Crippen molar-refractivity contribution in [2.45, 2.75) is 18.9 Å². The fraction of sp³-hybridized carbons (Fsp3) is 0.286. The van der Waals surface area contributed by atoms with Crippen LogP contribution in [0.2, 0.25) is 0 Å². The Bertz CT molecular complexity index is 682. The zero-order chi connectivity index (χ0) is 13.2. The first-order valence-electron chi connectivity index (χ1n) is 6.40. The number of fused-ring (bicyclic) bond motifs is 1. The summed E-state index contributed by atoms with van der Waals surface area (Å²) in [6.07, 6.45) is 7.42. The van der Waals surface area contributed by atoms with Crippen molar-refractivity contribution in [3.8, 4) is 0 Å². The van der Waals surface area contributed by atoms with Gasteiger partial charge in [-0.25, -0.2) is 4.52 Å². The lowest BCUT2D eigenvalue weighted by Gasteiger charge is -2.10. The molecule has 0 aliphatic rings. The van der Waals surface area contributed by atoms with Gasteiger partial charge in [0, 0.05) is 36.7 Å². The van der Waals surface area contributed by atoms with Crippen molar-refractivity contribution in [3.63, 3.8) is 0 Å². The second-order valence-corrected chi connectivity index (χ2v) is 4.72. The molecule has 0 fully saturated rings. The van der Waals surface area contributed by atoms with E-state index >= 15 is 0 Å². The zero-order valence-electron chi connectivity index (χ0n) is 10.9. The highest BCUT2D eigenvalue weighted by Gasteiger charge is 2.12. The molecule has 5 heteroatoms. The topological polar surface area (TPSA) is 61.1 Å². The van der Waals surface area contributed by atoms with Crippen molar-refractivity contribution in [1.29, 1.82) is 0 Å². The Labute approximate surface area is 111 Å². The lowest BCUT2D eigenvalue weighted by atomic mass is 10.0. The third-order valence-corrected chi connectivity index (χ3v) is 3.49. The van der Waals surface area contributed by atoms with Crippen molar-refractivity contribution in [2.24, 2.45) is 12.8 Å². The van der Waals surface area contributed by atoms with Gasteiger partial charge >= 0.3 is 0 Å². The van der Waals surface area contributed by atoms with E-state index in [2.05, 4.69) is 10.2 Å². The highest BCUT2D eigenvalue weighted by Crippen LogP contribution is 2.21. The molecule has 98 valence electrons. The van der Waals surface area contributed by atoms with Crippen molar-refractivity contribution in [1.82, 2.24) is 19.4 Å². The number of rotatable bonds is 4. The number of aromatic nitrogens is 4. The summed E-state index contributed by atoms with van der Waals surface area (Å²) < 4.78 is 3.75. The Morgan fingerprint density at radius 2 is 2.16 bits per heavy atom. The van der Waals surface area contributed by atoms with Gasteiger partial charge in [-0.2, -0.15) is 10.2 Å². The Morgan fingerprint density at radius 1 is 1.26 bits per heavy atom. The van der Waals surface area contributed by atoms with E-state index in [1.54, 1.807) is 0 Å². The first-order valence-corrected chi connectivity index (χ1v) is 6.40. The Kier molecular flexibility index (Phi) is 3.05. The van der Waals surface area contributed by atoms with Gasteiger partial charge in [0.2, 0.25) is 0 Å². The highest BCUT2D eigenvalue weighted by atomic mass is 15.3. The minimum absolute atomic E-state index is 0.00481. The normalized spacial score (nSPS) is 12.9. The number of nitrogens with zero attached hydrogens (tertiary/aromatic N) is 4. The average Bonchev–Trinajstić information content (AvgIpc) is 3.02. The molecule has 3 rings (SSSR count). The maximum Gasteiger partial charge on any atom is 0.0709 e. The lowest BCUT2D eigenvalue weighted by Crippen LogP contribution is -2.12. The Balaban J connectivity index is 1.77. The Hall–Kier alpha value is -2.14. The van der Waals surface area contributed by atoms with Crippen molar-refractivity contribution < 1.29 is 0 Å². The summed E-state index contributed by atoms with van der Waals surface area (Å²) in [6, 6.07) is 8.05. The van der Waals surface area contributed by atoms with Crippen LogP contribution in [0.1, 0.15) is 23.7 Å². The average molecular weight is 255 g/mol. The van der Waals surface area contributed by atoms with Crippen molar-refractivity contribution in [3.05, 3.63) is 54.1 Å². The lowest BCUT2D eigenvalue weighted by molar-refractivity contribution is 0.616. The second kappa shape index (κ2) is 4.85. The molecule has 0 bridgehead atoms. The predicted octanol–water partition coefficient (Wildman–Crippen LogP) is 1.70. The van der Waals surface area contributed by atoms with Gasteiger partial charge < -0.3 is 5.73 Å². The molecule has 0 amide bonds. The largest absolute Gasteiger partial charge is 0.324 e. The second-order valence-electron chi connectivity index (χ2n) is 4.72. The van der Waals surface area contributed by atoms with Gasteiger partial charge in [-0.05, 0) is 31.0 Å². The monoisotopic (exact) mass is 255 g/mol. The molecule has 5 nitrogen and oxygen atoms in total. The van der Waals surface area contributed by atoms with Gasteiger partial charge in [-0.1, -0.05) is 6.07 Å². The van der Waals surface area contributed by atoms with Crippen LogP contribution in [0.4, 0.5) is 0 Å². The van der Waals surface area contributed by atoms with E-state index in [0.717, 1.165) is 23.9 Å². The standard InChI is InChI=1S/C14H17N5/c1-18-11(7-8-16-18)5-6-13(15)12-10-17-19-9-3-2-4-14(12)19/h2-4,7-10,13H,5-6,15H2,1H3. The minimum Gasteiger partial charge on any atom is -0.324 e. The van der Waals surface area contributed by atoms with Gasteiger partial charge in [-0.15, -0.1) is 0 Å². The maximum atomic E-state index is 6.29. The van der Waals surface area contributed by atoms with E-state index < -0.39 is 0 Å². The van der Waals surface area contributed by atoms with E-state index in [1.165, 1.54) is 5.69 Å². The molecule has 0 saturated heterocycles. The molecule has 3 aromatic rings. The molecule has 3 heterocycles. The number of nitrogens with two attached hydrogens (primary N) is 1. The van der Waals surface area contributed by atoms with Crippen LogP contribution in [-0.4, -0.2) is 19.4 Å². The first-order chi connectivity index (χ1) is 9.25. The minimum atomic E-state index is -0.00481. The van der Waals surface area contributed by atoms with E-state index in [0.29, 0.717) is 0 Å². The Morgan fingerprint density at radius 3 is 2.95 bits per heavy atom. The summed E-state index contributed by atoms with van der Waals surface area (Å²) in [6.45, 7) is 0. The van der Waals surface area contributed by atoms with Gasteiger partial charge in [0.1, 0.15) is 0 Å². The van der Waals surface area contributed by atoms with E-state index in [4.69, 9.17) is 5.73 Å². The summed E-state index contributed by atoms with van der Waals surface area (Å²) >= 11 is 0. The SMILES string of the molecule is Cn1nccc1CCC(N)c1cnn2ccccc12. The molecular formula is C14H17N5. The zero-order valence-corrected chi connectivity index (χ0v) is 10.9. The van der Waals surface area contributed by atoms with Crippen LogP contribution in [0.5, 0.6) is 0 Å². The summed E-state index contributed by atoms with van der Waals surface area (Å²) in [5.41, 5.74) is 9.67. The molecule has 0 saturated carbocycles. The predicted molar refractivity (Wildman–Crippen MR) is 73.6 cm³/mol. The molecule has 0 spiro atoms. The van der Waals surface area contributed by atoms with Crippen LogP contribution < -0.4 is 5.73 Å². The fourth-order valence-electron chi connectivity index (χ4n) is 2.35. The molecule has 1 unspecified atom stereocenters.